The van der Waals surface area contributed by atoms with Crippen LogP contribution in [-0.2, 0) is 4.79 Å². The molecule has 1 aromatic carbocycles. The van der Waals surface area contributed by atoms with E-state index in [2.05, 4.69) is 0 Å². The van der Waals surface area contributed by atoms with Gasteiger partial charge in [0.15, 0.2) is 5.72 Å². The normalized spacial score (nSPS) is 22.3. The van der Waals surface area contributed by atoms with E-state index < -0.39 is 46.1 Å². The first-order chi connectivity index (χ1) is 11.5. The van der Waals surface area contributed by atoms with Gasteiger partial charge in [-0.1, -0.05) is 25.1 Å². The Hall–Kier alpha value is -1.55. The SMILES string of the molecule is CCCN1C(=O)C(CC(F)(F)F)=CC1(O)CS(O)(O)c1ccccc1. The molecule has 2 rings (SSSR count). The predicted molar refractivity (Wildman–Crippen MR) is 88.1 cm³/mol. The van der Waals surface area contributed by atoms with Crippen molar-refractivity contribution in [3.8, 4) is 0 Å². The standard InChI is InChI=1S/C16H20F3NO4S/c1-2-8-20-14(21)12(10-16(17,18)19)9-15(20,22)11-25(23,24)13-6-4-3-5-7-13/h3-7,9,22-24H,2,8,10-11H2,1H3. The predicted octanol–water partition coefficient (Wildman–Crippen LogP) is 3.62. The Kier molecular flexibility index (Phi) is 5.53. The van der Waals surface area contributed by atoms with Gasteiger partial charge >= 0.3 is 6.18 Å². The number of rotatable bonds is 6. The maximum absolute atomic E-state index is 12.7. The summed E-state index contributed by atoms with van der Waals surface area (Å²) in [5.74, 6) is -1.62. The number of carbonyl (C=O) groups excluding carboxylic acids is 1. The zero-order chi connectivity index (χ0) is 18.9. The smallest absolute Gasteiger partial charge is 0.366 e. The number of carbonyl (C=O) groups is 1. The fourth-order valence-electron chi connectivity index (χ4n) is 2.77. The Morgan fingerprint density at radius 3 is 2.32 bits per heavy atom. The van der Waals surface area contributed by atoms with Crippen molar-refractivity contribution in [1.29, 1.82) is 0 Å². The van der Waals surface area contributed by atoms with Crippen molar-refractivity contribution in [3.63, 3.8) is 0 Å². The van der Waals surface area contributed by atoms with Crippen molar-refractivity contribution in [2.24, 2.45) is 0 Å². The molecule has 1 aliphatic rings. The molecule has 25 heavy (non-hydrogen) atoms. The average molecular weight is 379 g/mol. The fraction of sp³-hybridized carbons (Fsp3) is 0.438. The number of hydrogen-bond acceptors (Lipinski definition) is 4. The van der Waals surface area contributed by atoms with Crippen molar-refractivity contribution in [2.75, 3.05) is 12.3 Å². The van der Waals surface area contributed by atoms with E-state index in [4.69, 9.17) is 0 Å². The zero-order valence-electron chi connectivity index (χ0n) is 13.5. The summed E-state index contributed by atoms with van der Waals surface area (Å²) in [5.41, 5.74) is -2.77. The van der Waals surface area contributed by atoms with Gasteiger partial charge in [-0.3, -0.25) is 13.9 Å². The second-order valence-corrected chi connectivity index (χ2v) is 8.01. The third-order valence-corrected chi connectivity index (χ3v) is 5.62. The van der Waals surface area contributed by atoms with Crippen LogP contribution in [-0.4, -0.2) is 49.2 Å². The fourth-order valence-corrected chi connectivity index (χ4v) is 4.36. The van der Waals surface area contributed by atoms with Gasteiger partial charge in [-0.25, -0.2) is 0 Å². The van der Waals surface area contributed by atoms with Crippen LogP contribution < -0.4 is 0 Å². The lowest BCUT2D eigenvalue weighted by Crippen LogP contribution is -2.50. The first-order valence-electron chi connectivity index (χ1n) is 7.62. The number of aliphatic hydroxyl groups is 1. The molecule has 0 radical (unpaired) electrons. The molecular formula is C16H20F3NO4S. The molecule has 0 saturated heterocycles. The highest BCUT2D eigenvalue weighted by Crippen LogP contribution is 2.52. The number of halogens is 3. The van der Waals surface area contributed by atoms with E-state index in [1.807, 2.05) is 0 Å². The van der Waals surface area contributed by atoms with E-state index in [0.29, 0.717) is 6.42 Å². The van der Waals surface area contributed by atoms with Crippen molar-refractivity contribution in [1.82, 2.24) is 4.90 Å². The molecule has 3 N–H and O–H groups in total. The quantitative estimate of drug-likeness (QED) is 0.705. The van der Waals surface area contributed by atoms with Crippen LogP contribution in [0, 0.1) is 0 Å². The van der Waals surface area contributed by atoms with Gasteiger partial charge in [-0.15, -0.1) is 0 Å². The van der Waals surface area contributed by atoms with Crippen LogP contribution in [0.5, 0.6) is 0 Å². The maximum Gasteiger partial charge on any atom is 0.393 e. The summed E-state index contributed by atoms with van der Waals surface area (Å²) in [6, 6.07) is 7.70. The molecule has 1 atom stereocenters. The molecule has 140 valence electrons. The first kappa shape index (κ1) is 19.8. The van der Waals surface area contributed by atoms with Gasteiger partial charge in [0.1, 0.15) is 0 Å². The molecule has 1 aromatic rings. The third-order valence-electron chi connectivity index (χ3n) is 3.77. The van der Waals surface area contributed by atoms with Gasteiger partial charge in [0.2, 0.25) is 0 Å². The lowest BCUT2D eigenvalue weighted by molar-refractivity contribution is -0.145. The van der Waals surface area contributed by atoms with E-state index in [1.54, 1.807) is 25.1 Å². The van der Waals surface area contributed by atoms with Crippen LogP contribution >= 0.6 is 10.6 Å². The Morgan fingerprint density at radius 1 is 1.20 bits per heavy atom. The van der Waals surface area contributed by atoms with E-state index in [-0.39, 0.29) is 11.4 Å². The molecule has 0 fully saturated rings. The molecule has 0 saturated carbocycles. The Labute approximate surface area is 145 Å². The summed E-state index contributed by atoms with van der Waals surface area (Å²) in [5, 5.41) is 10.8. The van der Waals surface area contributed by atoms with Gasteiger partial charge < -0.3 is 10.0 Å². The Balaban J connectivity index is 2.35. The number of nitrogens with zero attached hydrogens (tertiary/aromatic N) is 1. The lowest BCUT2D eigenvalue weighted by Gasteiger charge is -2.41. The summed E-state index contributed by atoms with van der Waals surface area (Å²) in [4.78, 5) is 13.3. The van der Waals surface area contributed by atoms with Crippen LogP contribution in [0.4, 0.5) is 13.2 Å². The highest BCUT2D eigenvalue weighted by atomic mass is 32.3. The summed E-state index contributed by atoms with van der Waals surface area (Å²) in [6.45, 7) is 1.70. The number of amides is 1. The zero-order valence-corrected chi connectivity index (χ0v) is 14.3. The van der Waals surface area contributed by atoms with Crippen molar-refractivity contribution in [3.05, 3.63) is 42.0 Å². The van der Waals surface area contributed by atoms with Gasteiger partial charge in [-0.05, 0) is 24.6 Å². The molecular weight excluding hydrogens is 359 g/mol. The van der Waals surface area contributed by atoms with E-state index in [0.717, 1.165) is 11.0 Å². The molecule has 0 bridgehead atoms. The van der Waals surface area contributed by atoms with Gasteiger partial charge in [0, 0.05) is 12.1 Å². The van der Waals surface area contributed by atoms with Crippen LogP contribution in [0.2, 0.25) is 0 Å². The van der Waals surface area contributed by atoms with E-state index in [1.165, 1.54) is 12.1 Å². The van der Waals surface area contributed by atoms with Crippen molar-refractivity contribution in [2.45, 2.75) is 36.6 Å². The Bertz CT molecular complexity index is 663. The van der Waals surface area contributed by atoms with Crippen LogP contribution in [0.15, 0.2) is 46.9 Å². The molecule has 5 nitrogen and oxygen atoms in total. The molecule has 1 heterocycles. The van der Waals surface area contributed by atoms with Gasteiger partial charge in [-0.2, -0.15) is 23.8 Å². The Morgan fingerprint density at radius 2 is 1.80 bits per heavy atom. The molecule has 0 aromatic heterocycles. The molecule has 0 spiro atoms. The van der Waals surface area contributed by atoms with Gasteiger partial charge in [0.25, 0.3) is 5.91 Å². The summed E-state index contributed by atoms with van der Waals surface area (Å²) < 4.78 is 58.8. The van der Waals surface area contributed by atoms with Crippen LogP contribution in [0.1, 0.15) is 19.8 Å². The maximum atomic E-state index is 12.7. The number of alkyl halides is 3. The number of hydrogen-bond donors (Lipinski definition) is 3. The van der Waals surface area contributed by atoms with Gasteiger partial charge in [0.05, 0.1) is 17.1 Å². The summed E-state index contributed by atoms with van der Waals surface area (Å²) in [6.07, 6.45) is -4.88. The van der Waals surface area contributed by atoms with E-state index >= 15 is 0 Å². The molecule has 0 aliphatic carbocycles. The average Bonchev–Trinajstić information content (AvgIpc) is 2.70. The summed E-state index contributed by atoms with van der Waals surface area (Å²) in [7, 11) is -3.51. The van der Waals surface area contributed by atoms with E-state index in [9.17, 15) is 32.2 Å². The lowest BCUT2D eigenvalue weighted by atomic mass is 10.1. The largest absolute Gasteiger partial charge is 0.393 e. The molecule has 1 aliphatic heterocycles. The second kappa shape index (κ2) is 6.99. The summed E-state index contributed by atoms with van der Waals surface area (Å²) >= 11 is 0. The highest BCUT2D eigenvalue weighted by Gasteiger charge is 2.48. The molecule has 1 amide bonds. The monoisotopic (exact) mass is 379 g/mol. The van der Waals surface area contributed by atoms with Crippen molar-refractivity contribution < 1.29 is 32.2 Å². The van der Waals surface area contributed by atoms with Crippen molar-refractivity contribution >= 4 is 16.5 Å². The van der Waals surface area contributed by atoms with Crippen LogP contribution in [0.3, 0.4) is 0 Å². The minimum atomic E-state index is -4.60. The molecule has 1 unspecified atom stereocenters. The topological polar surface area (TPSA) is 81.0 Å². The van der Waals surface area contributed by atoms with Crippen LogP contribution in [0.25, 0.3) is 0 Å². The second-order valence-electron chi connectivity index (χ2n) is 5.92. The third kappa shape index (κ3) is 4.55. The number of benzene rings is 1. The highest BCUT2D eigenvalue weighted by molar-refractivity contribution is 8.24. The minimum absolute atomic E-state index is 0.00248. The first-order valence-corrected chi connectivity index (χ1v) is 9.34. The minimum Gasteiger partial charge on any atom is -0.366 e. The molecule has 9 heteroatoms.